The van der Waals surface area contributed by atoms with Crippen LogP contribution in [-0.4, -0.2) is 63.2 Å². The lowest BCUT2D eigenvalue weighted by Gasteiger charge is -2.38. The quantitative estimate of drug-likeness (QED) is 0.448. The Balaban J connectivity index is 1.53. The van der Waals surface area contributed by atoms with Crippen LogP contribution >= 0.6 is 0 Å². The van der Waals surface area contributed by atoms with Gasteiger partial charge in [-0.3, -0.25) is 14.4 Å². The van der Waals surface area contributed by atoms with E-state index in [9.17, 15) is 19.5 Å². The van der Waals surface area contributed by atoms with Crippen molar-refractivity contribution in [1.29, 1.82) is 0 Å². The molecule has 3 aliphatic rings. The molecule has 2 bridgehead atoms. The number of carbonyl (C=O) groups is 3. The molecule has 8 nitrogen and oxygen atoms in total. The summed E-state index contributed by atoms with van der Waals surface area (Å²) >= 11 is 0. The number of hydrogen-bond acceptors (Lipinski definition) is 5. The predicted molar refractivity (Wildman–Crippen MR) is 151 cm³/mol. The number of carbonyl (C=O) groups excluding carboxylic acids is 3. The Labute approximate surface area is 236 Å². The summed E-state index contributed by atoms with van der Waals surface area (Å²) in [7, 11) is 0. The number of hydrogen-bond donors (Lipinski definition) is 3. The zero-order valence-corrected chi connectivity index (χ0v) is 23.9. The first-order chi connectivity index (χ1) is 19.0. The van der Waals surface area contributed by atoms with Crippen LogP contribution in [0.4, 0.5) is 0 Å². The van der Waals surface area contributed by atoms with Crippen LogP contribution in [0.3, 0.4) is 0 Å². The van der Waals surface area contributed by atoms with Gasteiger partial charge in [0.2, 0.25) is 17.7 Å². The second kappa shape index (κ2) is 10.6. The number of likely N-dealkylation sites (tertiary alicyclic amines) is 1. The summed E-state index contributed by atoms with van der Waals surface area (Å²) in [5, 5.41) is 16.7. The number of aliphatic hydroxyl groups excluding tert-OH is 1. The van der Waals surface area contributed by atoms with Crippen molar-refractivity contribution in [3.8, 4) is 0 Å². The van der Waals surface area contributed by atoms with E-state index in [0.717, 1.165) is 11.1 Å². The average molecular weight is 548 g/mol. The van der Waals surface area contributed by atoms with E-state index >= 15 is 0 Å². The molecule has 3 N–H and O–H groups in total. The molecule has 3 saturated heterocycles. The number of rotatable bonds is 9. The molecule has 0 aliphatic carbocycles. The molecule has 8 heteroatoms. The minimum absolute atomic E-state index is 0.230. The van der Waals surface area contributed by atoms with Gasteiger partial charge in [-0.2, -0.15) is 0 Å². The molecule has 40 heavy (non-hydrogen) atoms. The standard InChI is InChI=1S/C32H41N3O5/c1-5-31-16-17-32(40-31)25(24(31)27(37)33-19-22-14-10-7-11-15-22)29(39)35(26(32)28(38)34-30(2,3)4)23(20-36)18-21-12-8-6-9-13-21/h6-15,23-26,36H,5,16-20H2,1-4H3,(H,33,37)(H,34,38)/t23-,24+,25+,26?,31-,32?/m1/s1. The van der Waals surface area contributed by atoms with Gasteiger partial charge in [-0.25, -0.2) is 0 Å². The topological polar surface area (TPSA) is 108 Å². The van der Waals surface area contributed by atoms with Crippen LogP contribution in [0.1, 0.15) is 58.1 Å². The number of benzene rings is 2. The largest absolute Gasteiger partial charge is 0.394 e. The van der Waals surface area contributed by atoms with Crippen molar-refractivity contribution in [2.45, 2.75) is 88.7 Å². The van der Waals surface area contributed by atoms with E-state index in [0.29, 0.717) is 32.2 Å². The van der Waals surface area contributed by atoms with E-state index in [1.54, 1.807) is 4.90 Å². The van der Waals surface area contributed by atoms with Gasteiger partial charge in [0.05, 0.1) is 30.1 Å². The number of fused-ring (bicyclic) bond motifs is 1. The first-order valence-electron chi connectivity index (χ1n) is 14.4. The summed E-state index contributed by atoms with van der Waals surface area (Å²) < 4.78 is 6.83. The fraction of sp³-hybridized carbons (Fsp3) is 0.531. The molecular formula is C32H41N3O5. The van der Waals surface area contributed by atoms with Crippen LogP contribution in [0, 0.1) is 11.8 Å². The second-order valence-corrected chi connectivity index (χ2v) is 12.5. The van der Waals surface area contributed by atoms with Gasteiger partial charge < -0.3 is 25.4 Å². The van der Waals surface area contributed by atoms with Crippen molar-refractivity contribution in [3.63, 3.8) is 0 Å². The molecule has 2 unspecified atom stereocenters. The van der Waals surface area contributed by atoms with E-state index in [1.165, 1.54) is 0 Å². The maximum atomic E-state index is 14.5. The fourth-order valence-electron chi connectivity index (χ4n) is 7.22. The lowest BCUT2D eigenvalue weighted by molar-refractivity contribution is -0.151. The van der Waals surface area contributed by atoms with E-state index in [-0.39, 0.29) is 24.3 Å². The summed E-state index contributed by atoms with van der Waals surface area (Å²) in [6, 6.07) is 17.7. The van der Waals surface area contributed by atoms with E-state index < -0.39 is 40.7 Å². The zero-order valence-electron chi connectivity index (χ0n) is 23.9. The molecule has 0 saturated carbocycles. The molecular weight excluding hydrogens is 506 g/mol. The maximum absolute atomic E-state index is 14.5. The van der Waals surface area contributed by atoms with Gasteiger partial charge in [0.15, 0.2) is 0 Å². The Bertz CT molecular complexity index is 1250. The Morgan fingerprint density at radius 2 is 1.65 bits per heavy atom. The third-order valence-electron chi connectivity index (χ3n) is 8.88. The Morgan fingerprint density at radius 1 is 1.02 bits per heavy atom. The molecule has 0 aromatic heterocycles. The molecule has 1 spiro atoms. The van der Waals surface area contributed by atoms with Crippen LogP contribution in [-0.2, 0) is 32.1 Å². The lowest BCUT2D eigenvalue weighted by atomic mass is 9.65. The summed E-state index contributed by atoms with van der Waals surface area (Å²) in [6.45, 7) is 7.70. The molecule has 2 aromatic carbocycles. The van der Waals surface area contributed by atoms with Crippen molar-refractivity contribution < 1.29 is 24.2 Å². The molecule has 3 aliphatic heterocycles. The van der Waals surface area contributed by atoms with Gasteiger partial charge in [-0.05, 0) is 57.6 Å². The van der Waals surface area contributed by atoms with Crippen molar-refractivity contribution in [2.75, 3.05) is 6.61 Å². The minimum Gasteiger partial charge on any atom is -0.394 e. The van der Waals surface area contributed by atoms with E-state index in [2.05, 4.69) is 10.6 Å². The molecule has 3 amide bonds. The van der Waals surface area contributed by atoms with Crippen molar-refractivity contribution in [3.05, 3.63) is 71.8 Å². The highest BCUT2D eigenvalue weighted by Crippen LogP contribution is 2.64. The summed E-state index contributed by atoms with van der Waals surface area (Å²) in [5.41, 5.74) is -0.584. The number of nitrogens with zero attached hydrogens (tertiary/aromatic N) is 1. The highest BCUT2D eigenvalue weighted by atomic mass is 16.5. The van der Waals surface area contributed by atoms with Crippen LogP contribution in [0.25, 0.3) is 0 Å². The second-order valence-electron chi connectivity index (χ2n) is 12.5. The average Bonchev–Trinajstić information content (AvgIpc) is 3.54. The van der Waals surface area contributed by atoms with Crippen molar-refractivity contribution >= 4 is 17.7 Å². The van der Waals surface area contributed by atoms with Crippen LogP contribution in [0.15, 0.2) is 60.7 Å². The highest BCUT2D eigenvalue weighted by molar-refractivity contribution is 5.99. The number of aliphatic hydroxyl groups is 1. The van der Waals surface area contributed by atoms with Gasteiger partial charge in [0, 0.05) is 12.1 Å². The highest BCUT2D eigenvalue weighted by Gasteiger charge is 2.79. The molecule has 214 valence electrons. The Kier molecular flexibility index (Phi) is 7.52. The molecule has 3 fully saturated rings. The number of nitrogens with one attached hydrogen (secondary N) is 2. The van der Waals surface area contributed by atoms with Gasteiger partial charge in [0.25, 0.3) is 0 Å². The predicted octanol–water partition coefficient (Wildman–Crippen LogP) is 2.98. The SMILES string of the molecule is CC[C@]12CCC3(O1)C(C(=O)NC(C)(C)C)N([C@@H](CO)Cc1ccccc1)C(=O)[C@@H]3[C@H]2C(=O)NCc1ccccc1. The van der Waals surface area contributed by atoms with E-state index in [4.69, 9.17) is 4.74 Å². The van der Waals surface area contributed by atoms with Crippen molar-refractivity contribution in [1.82, 2.24) is 15.5 Å². The molecule has 3 heterocycles. The third kappa shape index (κ3) is 4.81. The van der Waals surface area contributed by atoms with Gasteiger partial charge in [0.1, 0.15) is 11.6 Å². The minimum atomic E-state index is -1.14. The lowest BCUT2D eigenvalue weighted by Crippen LogP contribution is -2.60. The molecule has 5 rings (SSSR count). The Hall–Kier alpha value is -3.23. The summed E-state index contributed by atoms with van der Waals surface area (Å²) in [4.78, 5) is 43.9. The maximum Gasteiger partial charge on any atom is 0.246 e. The van der Waals surface area contributed by atoms with Crippen LogP contribution < -0.4 is 10.6 Å². The Morgan fingerprint density at radius 3 is 2.23 bits per heavy atom. The number of ether oxygens (including phenoxy) is 1. The third-order valence-corrected chi connectivity index (χ3v) is 8.88. The normalized spacial score (nSPS) is 29.8. The number of amides is 3. The summed E-state index contributed by atoms with van der Waals surface area (Å²) in [5.74, 6) is -2.37. The van der Waals surface area contributed by atoms with Gasteiger partial charge >= 0.3 is 0 Å². The van der Waals surface area contributed by atoms with E-state index in [1.807, 2.05) is 88.4 Å². The monoisotopic (exact) mass is 547 g/mol. The zero-order chi connectivity index (χ0) is 28.7. The molecule has 2 aromatic rings. The molecule has 0 radical (unpaired) electrons. The summed E-state index contributed by atoms with van der Waals surface area (Å²) in [6.07, 6.45) is 2.03. The molecule has 6 atom stereocenters. The fourth-order valence-corrected chi connectivity index (χ4v) is 7.22. The first kappa shape index (κ1) is 28.3. The first-order valence-corrected chi connectivity index (χ1v) is 14.4. The van der Waals surface area contributed by atoms with Gasteiger partial charge in [-0.15, -0.1) is 0 Å². The van der Waals surface area contributed by atoms with Crippen LogP contribution in [0.5, 0.6) is 0 Å². The van der Waals surface area contributed by atoms with Gasteiger partial charge in [-0.1, -0.05) is 67.6 Å². The van der Waals surface area contributed by atoms with Crippen LogP contribution in [0.2, 0.25) is 0 Å². The smallest absolute Gasteiger partial charge is 0.246 e. The van der Waals surface area contributed by atoms with Crippen molar-refractivity contribution in [2.24, 2.45) is 11.8 Å².